The quantitative estimate of drug-likeness (QED) is 0.220. The summed E-state index contributed by atoms with van der Waals surface area (Å²) in [5.41, 5.74) is 7.64. The molecule has 0 amide bonds. The minimum Gasteiger partial charge on any atom is -0.497 e. The lowest BCUT2D eigenvalue weighted by molar-refractivity contribution is 0.341. The van der Waals surface area contributed by atoms with Gasteiger partial charge in [-0.3, -0.25) is 0 Å². The molecule has 0 unspecified atom stereocenters. The standard InChI is InChI=1S/C33H30N2O3/c1-4-38-32-13-9-8-12-28(32)30-20-24(21-31(35-30)29-19-18-27(36-2)22-33(29)37-3)23-14-16-26(17-15-23)34-25-10-6-5-7-11-25/h5-22,34H,4H2,1-3H3. The van der Waals surface area contributed by atoms with Crippen molar-refractivity contribution in [3.05, 3.63) is 109 Å². The van der Waals surface area contributed by atoms with Crippen LogP contribution in [-0.4, -0.2) is 25.8 Å². The number of hydrogen-bond donors (Lipinski definition) is 1. The number of ether oxygens (including phenoxy) is 3. The van der Waals surface area contributed by atoms with Gasteiger partial charge in [-0.25, -0.2) is 4.98 Å². The van der Waals surface area contributed by atoms with Crippen molar-refractivity contribution in [2.45, 2.75) is 6.92 Å². The second-order valence-electron chi connectivity index (χ2n) is 8.69. The minimum atomic E-state index is 0.575. The van der Waals surface area contributed by atoms with E-state index in [0.717, 1.165) is 56.5 Å². The van der Waals surface area contributed by atoms with Gasteiger partial charge in [0, 0.05) is 28.6 Å². The molecule has 0 fully saturated rings. The molecule has 0 aliphatic rings. The number of rotatable bonds is 9. The van der Waals surface area contributed by atoms with Crippen molar-refractivity contribution in [1.82, 2.24) is 4.98 Å². The minimum absolute atomic E-state index is 0.575. The number of pyridine rings is 1. The van der Waals surface area contributed by atoms with Crippen molar-refractivity contribution in [3.8, 4) is 50.9 Å². The number of methoxy groups -OCH3 is 2. The number of nitrogens with one attached hydrogen (secondary N) is 1. The highest BCUT2D eigenvalue weighted by Crippen LogP contribution is 2.38. The molecule has 5 heteroatoms. The van der Waals surface area contributed by atoms with E-state index < -0.39 is 0 Å². The van der Waals surface area contributed by atoms with Crippen LogP contribution in [0.2, 0.25) is 0 Å². The molecular weight excluding hydrogens is 472 g/mol. The maximum absolute atomic E-state index is 5.94. The molecule has 0 bridgehead atoms. The topological polar surface area (TPSA) is 52.6 Å². The average molecular weight is 503 g/mol. The molecule has 0 radical (unpaired) electrons. The van der Waals surface area contributed by atoms with Crippen molar-refractivity contribution in [2.75, 3.05) is 26.1 Å². The molecule has 1 aromatic heterocycles. The first-order valence-corrected chi connectivity index (χ1v) is 12.6. The van der Waals surface area contributed by atoms with Crippen LogP contribution in [0.1, 0.15) is 6.92 Å². The van der Waals surface area contributed by atoms with Gasteiger partial charge in [-0.05, 0) is 78.7 Å². The molecule has 0 saturated carbocycles. The summed E-state index contributed by atoms with van der Waals surface area (Å²) >= 11 is 0. The number of nitrogens with zero attached hydrogens (tertiary/aromatic N) is 1. The highest BCUT2D eigenvalue weighted by molar-refractivity contribution is 5.81. The van der Waals surface area contributed by atoms with E-state index in [0.29, 0.717) is 12.4 Å². The molecule has 5 nitrogen and oxygen atoms in total. The molecule has 0 aliphatic heterocycles. The van der Waals surface area contributed by atoms with Crippen LogP contribution in [0.4, 0.5) is 11.4 Å². The maximum Gasteiger partial charge on any atom is 0.131 e. The Morgan fingerprint density at radius 1 is 0.605 bits per heavy atom. The maximum atomic E-state index is 5.94. The van der Waals surface area contributed by atoms with Crippen molar-refractivity contribution < 1.29 is 14.2 Å². The Hall–Kier alpha value is -4.77. The van der Waals surface area contributed by atoms with E-state index in [2.05, 4.69) is 41.7 Å². The second kappa shape index (κ2) is 11.5. The van der Waals surface area contributed by atoms with Gasteiger partial charge in [0.05, 0.1) is 32.2 Å². The van der Waals surface area contributed by atoms with Crippen molar-refractivity contribution in [3.63, 3.8) is 0 Å². The molecule has 1 N–H and O–H groups in total. The van der Waals surface area contributed by atoms with Gasteiger partial charge in [-0.2, -0.15) is 0 Å². The first kappa shape index (κ1) is 24.9. The van der Waals surface area contributed by atoms with Gasteiger partial charge >= 0.3 is 0 Å². The molecular formula is C33H30N2O3. The highest BCUT2D eigenvalue weighted by atomic mass is 16.5. The summed E-state index contributed by atoms with van der Waals surface area (Å²) < 4.78 is 17.1. The zero-order valence-corrected chi connectivity index (χ0v) is 21.8. The van der Waals surface area contributed by atoms with Crippen LogP contribution in [0, 0.1) is 0 Å². The van der Waals surface area contributed by atoms with Crippen LogP contribution in [-0.2, 0) is 0 Å². The van der Waals surface area contributed by atoms with Gasteiger partial charge < -0.3 is 19.5 Å². The summed E-state index contributed by atoms with van der Waals surface area (Å²) in [7, 11) is 3.30. The fraction of sp³-hybridized carbons (Fsp3) is 0.121. The highest BCUT2D eigenvalue weighted by Gasteiger charge is 2.15. The van der Waals surface area contributed by atoms with Crippen molar-refractivity contribution >= 4 is 11.4 Å². The Morgan fingerprint density at radius 2 is 1.26 bits per heavy atom. The molecule has 0 spiro atoms. The molecule has 5 rings (SSSR count). The molecule has 1 heterocycles. The van der Waals surface area contributed by atoms with Crippen molar-refractivity contribution in [1.29, 1.82) is 0 Å². The van der Waals surface area contributed by atoms with Crippen LogP contribution >= 0.6 is 0 Å². The zero-order valence-electron chi connectivity index (χ0n) is 21.8. The van der Waals surface area contributed by atoms with Gasteiger partial charge in [-0.1, -0.05) is 42.5 Å². The number of aromatic nitrogens is 1. The van der Waals surface area contributed by atoms with Crippen molar-refractivity contribution in [2.24, 2.45) is 0 Å². The summed E-state index contributed by atoms with van der Waals surface area (Å²) in [4.78, 5) is 5.07. The Labute approximate surface area is 223 Å². The number of para-hydroxylation sites is 2. The molecule has 190 valence electrons. The van der Waals surface area contributed by atoms with E-state index in [-0.39, 0.29) is 0 Å². The summed E-state index contributed by atoms with van der Waals surface area (Å²) in [6.45, 7) is 2.56. The van der Waals surface area contributed by atoms with E-state index >= 15 is 0 Å². The third-order valence-corrected chi connectivity index (χ3v) is 6.25. The molecule has 0 saturated heterocycles. The van der Waals surface area contributed by atoms with E-state index in [4.69, 9.17) is 19.2 Å². The largest absolute Gasteiger partial charge is 0.497 e. The summed E-state index contributed by atoms with van der Waals surface area (Å²) in [6.07, 6.45) is 0. The van der Waals surface area contributed by atoms with Gasteiger partial charge in [0.2, 0.25) is 0 Å². The van der Waals surface area contributed by atoms with Gasteiger partial charge in [0.15, 0.2) is 0 Å². The first-order chi connectivity index (χ1) is 18.7. The molecule has 38 heavy (non-hydrogen) atoms. The Kier molecular flexibility index (Phi) is 7.55. The monoisotopic (exact) mass is 502 g/mol. The average Bonchev–Trinajstić information content (AvgIpc) is 2.98. The number of anilines is 2. The van der Waals surface area contributed by atoms with Crippen LogP contribution in [0.25, 0.3) is 33.6 Å². The molecule has 0 aliphatic carbocycles. The molecule has 5 aromatic rings. The summed E-state index contributed by atoms with van der Waals surface area (Å²) in [6, 6.07) is 36.5. The third-order valence-electron chi connectivity index (χ3n) is 6.25. The number of hydrogen-bond acceptors (Lipinski definition) is 5. The van der Waals surface area contributed by atoms with Crippen LogP contribution < -0.4 is 19.5 Å². The van der Waals surface area contributed by atoms with Gasteiger partial charge in [0.25, 0.3) is 0 Å². The number of benzene rings is 4. The van der Waals surface area contributed by atoms with E-state index in [1.54, 1.807) is 14.2 Å². The van der Waals surface area contributed by atoms with Gasteiger partial charge in [-0.15, -0.1) is 0 Å². The first-order valence-electron chi connectivity index (χ1n) is 12.6. The summed E-state index contributed by atoms with van der Waals surface area (Å²) in [5, 5.41) is 3.45. The zero-order chi connectivity index (χ0) is 26.3. The van der Waals surface area contributed by atoms with E-state index in [1.165, 1.54) is 0 Å². The predicted octanol–water partition coefficient (Wildman–Crippen LogP) is 8.24. The summed E-state index contributed by atoms with van der Waals surface area (Å²) in [5.74, 6) is 2.22. The Morgan fingerprint density at radius 3 is 1.95 bits per heavy atom. The molecule has 0 atom stereocenters. The fourth-order valence-electron chi connectivity index (χ4n) is 4.38. The van der Waals surface area contributed by atoms with Crippen LogP contribution in [0.5, 0.6) is 17.2 Å². The second-order valence-corrected chi connectivity index (χ2v) is 8.69. The Bertz CT molecular complexity index is 1520. The van der Waals surface area contributed by atoms with E-state index in [9.17, 15) is 0 Å². The normalized spacial score (nSPS) is 10.6. The van der Waals surface area contributed by atoms with Gasteiger partial charge in [0.1, 0.15) is 17.2 Å². The SMILES string of the molecule is CCOc1ccccc1-c1cc(-c2ccc(Nc3ccccc3)cc2)cc(-c2ccc(OC)cc2OC)n1. The van der Waals surface area contributed by atoms with Crippen LogP contribution in [0.3, 0.4) is 0 Å². The lowest BCUT2D eigenvalue weighted by atomic mass is 9.99. The van der Waals surface area contributed by atoms with E-state index in [1.807, 2.05) is 79.7 Å². The predicted molar refractivity (Wildman–Crippen MR) is 155 cm³/mol. The lowest BCUT2D eigenvalue weighted by Gasteiger charge is -2.15. The van der Waals surface area contributed by atoms with Crippen LogP contribution in [0.15, 0.2) is 109 Å². The lowest BCUT2D eigenvalue weighted by Crippen LogP contribution is -1.98. The smallest absolute Gasteiger partial charge is 0.131 e. The third kappa shape index (κ3) is 5.47. The fourth-order valence-corrected chi connectivity index (χ4v) is 4.38. The Balaban J connectivity index is 1.61. The molecule has 4 aromatic carbocycles.